The van der Waals surface area contributed by atoms with Crippen molar-refractivity contribution in [2.24, 2.45) is 11.7 Å². The highest BCUT2D eigenvalue weighted by Crippen LogP contribution is 2.32. The first kappa shape index (κ1) is 13.6. The van der Waals surface area contributed by atoms with Gasteiger partial charge in [0.2, 0.25) is 5.91 Å². The predicted molar refractivity (Wildman–Crippen MR) is 77.0 cm³/mol. The summed E-state index contributed by atoms with van der Waals surface area (Å²) in [6, 6.07) is 7.93. The van der Waals surface area contributed by atoms with Gasteiger partial charge in [0, 0.05) is 18.4 Å². The molecule has 0 spiro atoms. The third-order valence-corrected chi connectivity index (χ3v) is 4.64. The molecule has 1 fully saturated rings. The molecule has 0 aromatic heterocycles. The third-order valence-electron chi connectivity index (χ3n) is 4.64. The topological polar surface area (TPSA) is 75.4 Å². The molecule has 2 aliphatic rings. The number of carbonyl (C=O) groups is 1. The first-order valence-electron chi connectivity index (χ1n) is 7.47. The molecule has 0 aliphatic heterocycles. The van der Waals surface area contributed by atoms with E-state index >= 15 is 0 Å². The van der Waals surface area contributed by atoms with Crippen molar-refractivity contribution < 1.29 is 9.90 Å². The van der Waals surface area contributed by atoms with Crippen LogP contribution in [0.25, 0.3) is 0 Å². The van der Waals surface area contributed by atoms with E-state index in [2.05, 4.69) is 5.32 Å². The van der Waals surface area contributed by atoms with Gasteiger partial charge in [-0.15, -0.1) is 0 Å². The summed E-state index contributed by atoms with van der Waals surface area (Å²) in [5.74, 6) is 0.118. The smallest absolute Gasteiger partial charge is 0.223 e. The summed E-state index contributed by atoms with van der Waals surface area (Å²) in [4.78, 5) is 12.4. The maximum atomic E-state index is 12.4. The molecule has 4 nitrogen and oxygen atoms in total. The Balaban J connectivity index is 1.67. The first-order valence-corrected chi connectivity index (χ1v) is 7.47. The molecule has 2 aliphatic carbocycles. The Kier molecular flexibility index (Phi) is 3.76. The fourth-order valence-electron chi connectivity index (χ4n) is 3.40. The summed E-state index contributed by atoms with van der Waals surface area (Å²) in [6.07, 6.45) is 3.66. The highest BCUT2D eigenvalue weighted by atomic mass is 16.3. The van der Waals surface area contributed by atoms with Crippen molar-refractivity contribution in [2.45, 2.75) is 50.3 Å². The quantitative estimate of drug-likeness (QED) is 0.760. The Labute approximate surface area is 119 Å². The van der Waals surface area contributed by atoms with Crippen LogP contribution in [0.3, 0.4) is 0 Å². The number of benzene rings is 1. The summed E-state index contributed by atoms with van der Waals surface area (Å²) in [6.45, 7) is 0. The monoisotopic (exact) mass is 274 g/mol. The molecular formula is C16H22N2O2. The Bertz CT molecular complexity index is 495. The molecule has 0 radical (unpaired) electrons. The summed E-state index contributed by atoms with van der Waals surface area (Å²) >= 11 is 0. The van der Waals surface area contributed by atoms with Crippen LogP contribution in [0.4, 0.5) is 0 Å². The molecule has 3 rings (SSSR count). The second-order valence-electron chi connectivity index (χ2n) is 6.07. The fraction of sp³-hybridized carbons (Fsp3) is 0.562. The van der Waals surface area contributed by atoms with E-state index in [4.69, 9.17) is 5.73 Å². The zero-order chi connectivity index (χ0) is 14.1. The maximum absolute atomic E-state index is 12.4. The van der Waals surface area contributed by atoms with Gasteiger partial charge in [0.1, 0.15) is 0 Å². The molecule has 1 aromatic rings. The first-order chi connectivity index (χ1) is 9.65. The summed E-state index contributed by atoms with van der Waals surface area (Å²) in [7, 11) is 0. The normalized spacial score (nSPS) is 32.7. The van der Waals surface area contributed by atoms with Gasteiger partial charge in [-0.3, -0.25) is 4.79 Å². The number of nitrogens with one attached hydrogen (secondary N) is 1. The maximum Gasteiger partial charge on any atom is 0.223 e. The van der Waals surface area contributed by atoms with Crippen LogP contribution in [0.5, 0.6) is 0 Å². The molecule has 0 saturated heterocycles. The standard InChI is InChI=1S/C16H22N2O2/c17-12-7-5-10(6-8-12)16(20)18-15-13-4-2-1-3-11(13)9-14(15)19/h1-4,10,12,14-15,19H,5-9,17H2,(H,18,20)/t10?,12?,14-,15+/m1/s1. The second kappa shape index (κ2) is 5.54. The van der Waals surface area contributed by atoms with E-state index in [0.717, 1.165) is 36.8 Å². The zero-order valence-electron chi connectivity index (χ0n) is 11.6. The lowest BCUT2D eigenvalue weighted by atomic mass is 9.85. The SMILES string of the molecule is NC1CCC(C(=O)N[C@H]2c3ccccc3C[C@H]2O)CC1. The molecule has 1 saturated carbocycles. The van der Waals surface area contributed by atoms with Gasteiger partial charge in [-0.2, -0.15) is 0 Å². The lowest BCUT2D eigenvalue weighted by Gasteiger charge is -2.27. The van der Waals surface area contributed by atoms with Gasteiger partial charge in [0.15, 0.2) is 0 Å². The van der Waals surface area contributed by atoms with Gasteiger partial charge in [-0.05, 0) is 36.8 Å². The zero-order valence-corrected chi connectivity index (χ0v) is 11.6. The number of rotatable bonds is 2. The molecule has 1 aromatic carbocycles. The van der Waals surface area contributed by atoms with Crippen LogP contribution in [-0.2, 0) is 11.2 Å². The van der Waals surface area contributed by atoms with Crippen LogP contribution in [0.2, 0.25) is 0 Å². The Hall–Kier alpha value is -1.39. The lowest BCUT2D eigenvalue weighted by molar-refractivity contribution is -0.127. The van der Waals surface area contributed by atoms with Gasteiger partial charge in [0.25, 0.3) is 0 Å². The van der Waals surface area contributed by atoms with Crippen LogP contribution >= 0.6 is 0 Å². The molecule has 108 valence electrons. The summed E-state index contributed by atoms with van der Waals surface area (Å²) < 4.78 is 0. The molecule has 2 atom stereocenters. The summed E-state index contributed by atoms with van der Waals surface area (Å²) in [5.41, 5.74) is 8.07. The fourth-order valence-corrected chi connectivity index (χ4v) is 3.40. The summed E-state index contributed by atoms with van der Waals surface area (Å²) in [5, 5.41) is 13.2. The van der Waals surface area contributed by atoms with E-state index in [1.165, 1.54) is 0 Å². The molecule has 0 heterocycles. The number of hydrogen-bond acceptors (Lipinski definition) is 3. The van der Waals surface area contributed by atoms with Gasteiger partial charge >= 0.3 is 0 Å². The molecule has 0 unspecified atom stereocenters. The van der Waals surface area contributed by atoms with E-state index in [1.54, 1.807) is 0 Å². The lowest BCUT2D eigenvalue weighted by Crippen LogP contribution is -2.40. The highest BCUT2D eigenvalue weighted by molar-refractivity contribution is 5.79. The predicted octanol–water partition coefficient (Wildman–Crippen LogP) is 1.28. The number of aliphatic hydroxyl groups excluding tert-OH is 1. The van der Waals surface area contributed by atoms with Crippen molar-refractivity contribution in [3.8, 4) is 0 Å². The van der Waals surface area contributed by atoms with Gasteiger partial charge < -0.3 is 16.2 Å². The van der Waals surface area contributed by atoms with E-state index in [1.807, 2.05) is 24.3 Å². The molecule has 0 bridgehead atoms. The van der Waals surface area contributed by atoms with Crippen molar-refractivity contribution in [2.75, 3.05) is 0 Å². The molecular weight excluding hydrogens is 252 g/mol. The minimum atomic E-state index is -0.512. The Morgan fingerprint density at radius 3 is 2.65 bits per heavy atom. The molecule has 4 heteroatoms. The second-order valence-corrected chi connectivity index (χ2v) is 6.07. The van der Waals surface area contributed by atoms with Gasteiger partial charge in [0.05, 0.1) is 12.1 Å². The van der Waals surface area contributed by atoms with Crippen molar-refractivity contribution >= 4 is 5.91 Å². The van der Waals surface area contributed by atoms with Crippen molar-refractivity contribution in [3.63, 3.8) is 0 Å². The minimum absolute atomic E-state index is 0.0507. The molecule has 4 N–H and O–H groups in total. The highest BCUT2D eigenvalue weighted by Gasteiger charge is 2.34. The number of hydrogen-bond donors (Lipinski definition) is 3. The van der Waals surface area contributed by atoms with E-state index in [9.17, 15) is 9.90 Å². The minimum Gasteiger partial charge on any atom is -0.390 e. The Morgan fingerprint density at radius 2 is 1.90 bits per heavy atom. The van der Waals surface area contributed by atoms with Crippen LogP contribution < -0.4 is 11.1 Å². The van der Waals surface area contributed by atoms with E-state index < -0.39 is 6.10 Å². The number of nitrogens with two attached hydrogens (primary N) is 1. The van der Waals surface area contributed by atoms with E-state index in [0.29, 0.717) is 6.42 Å². The third kappa shape index (κ3) is 2.58. The van der Waals surface area contributed by atoms with Gasteiger partial charge in [-0.1, -0.05) is 24.3 Å². The number of aliphatic hydroxyl groups is 1. The number of fused-ring (bicyclic) bond motifs is 1. The molecule has 20 heavy (non-hydrogen) atoms. The average Bonchev–Trinajstić information content (AvgIpc) is 2.76. The van der Waals surface area contributed by atoms with Crippen molar-refractivity contribution in [1.82, 2.24) is 5.32 Å². The Morgan fingerprint density at radius 1 is 1.20 bits per heavy atom. The van der Waals surface area contributed by atoms with Gasteiger partial charge in [-0.25, -0.2) is 0 Å². The van der Waals surface area contributed by atoms with E-state index in [-0.39, 0.29) is 23.9 Å². The largest absolute Gasteiger partial charge is 0.390 e. The van der Waals surface area contributed by atoms with Crippen molar-refractivity contribution in [1.29, 1.82) is 0 Å². The van der Waals surface area contributed by atoms with Crippen LogP contribution in [0.15, 0.2) is 24.3 Å². The number of amides is 1. The van der Waals surface area contributed by atoms with Crippen LogP contribution in [-0.4, -0.2) is 23.2 Å². The average molecular weight is 274 g/mol. The number of carbonyl (C=O) groups excluding carboxylic acids is 1. The van der Waals surface area contributed by atoms with Crippen molar-refractivity contribution in [3.05, 3.63) is 35.4 Å². The molecule has 1 amide bonds. The van der Waals surface area contributed by atoms with Crippen LogP contribution in [0, 0.1) is 5.92 Å². The van der Waals surface area contributed by atoms with Crippen LogP contribution in [0.1, 0.15) is 42.9 Å².